The minimum absolute atomic E-state index is 0.448. The van der Waals surface area contributed by atoms with Crippen molar-refractivity contribution in [1.29, 1.82) is 0 Å². The number of hydrogen-bond acceptors (Lipinski definition) is 6. The highest BCUT2D eigenvalue weighted by molar-refractivity contribution is 6.58. The highest BCUT2D eigenvalue weighted by atomic mass is 16.4. The van der Waals surface area contributed by atoms with Crippen LogP contribution in [-0.2, 0) is 0 Å². The number of pyridine rings is 1. The van der Waals surface area contributed by atoms with Gasteiger partial charge in [-0.15, -0.1) is 0 Å². The van der Waals surface area contributed by atoms with Crippen LogP contribution in [-0.4, -0.2) is 37.1 Å². The maximum absolute atomic E-state index is 9.69. The van der Waals surface area contributed by atoms with E-state index in [1.54, 1.807) is 12.1 Å². The molecule has 232 valence electrons. The van der Waals surface area contributed by atoms with Crippen LogP contribution in [0, 0.1) is 0 Å². The molecule has 0 fully saturated rings. The number of nitrogens with zero attached hydrogens (tertiary/aromatic N) is 4. The minimum atomic E-state index is -1.52. The van der Waals surface area contributed by atoms with Crippen LogP contribution in [0.5, 0.6) is 0 Å². The van der Waals surface area contributed by atoms with E-state index < -0.39 is 7.12 Å². The monoisotopic (exact) mass is 632 g/mol. The summed E-state index contributed by atoms with van der Waals surface area (Å²) in [4.78, 5) is 19.6. The standard InChI is InChI=1S/C42H29BN4O2/c48-43(49)37-21-7-16-33(27-37)31-14-4-13-30(24-31)32-15-5-18-35(25-32)41-45-40(29-10-2-1-3-11-29)46-42(47-41)36-19-6-17-34(26-36)38-22-8-12-28-20-9-23-44-39(28)38/h1-27,48-49H. The first-order valence-corrected chi connectivity index (χ1v) is 16.0. The Kier molecular flexibility index (Phi) is 8.03. The predicted molar refractivity (Wildman–Crippen MR) is 198 cm³/mol. The van der Waals surface area contributed by atoms with Crippen molar-refractivity contribution in [2.75, 3.05) is 0 Å². The second-order valence-electron chi connectivity index (χ2n) is 11.8. The summed E-state index contributed by atoms with van der Waals surface area (Å²) < 4.78 is 0. The second-order valence-corrected chi connectivity index (χ2v) is 11.8. The topological polar surface area (TPSA) is 92.0 Å². The van der Waals surface area contributed by atoms with Crippen molar-refractivity contribution in [1.82, 2.24) is 19.9 Å². The Morgan fingerprint density at radius 2 is 0.857 bits per heavy atom. The maximum Gasteiger partial charge on any atom is 0.488 e. The van der Waals surface area contributed by atoms with E-state index in [1.165, 1.54) is 0 Å². The Bertz CT molecular complexity index is 2440. The quantitative estimate of drug-likeness (QED) is 0.173. The zero-order chi connectivity index (χ0) is 33.2. The summed E-state index contributed by atoms with van der Waals surface area (Å²) in [6.07, 6.45) is 1.82. The Morgan fingerprint density at radius 1 is 0.388 bits per heavy atom. The van der Waals surface area contributed by atoms with Gasteiger partial charge in [-0.25, -0.2) is 15.0 Å². The zero-order valence-corrected chi connectivity index (χ0v) is 26.3. The number of aromatic nitrogens is 4. The predicted octanol–water partition coefficient (Wildman–Crippen LogP) is 8.10. The molecule has 0 atom stereocenters. The Morgan fingerprint density at radius 3 is 1.51 bits per heavy atom. The summed E-state index contributed by atoms with van der Waals surface area (Å²) in [6.45, 7) is 0. The number of para-hydroxylation sites is 1. The van der Waals surface area contributed by atoms with Gasteiger partial charge >= 0.3 is 7.12 Å². The van der Waals surface area contributed by atoms with Crippen LogP contribution in [0.25, 0.3) is 78.4 Å². The van der Waals surface area contributed by atoms with Crippen LogP contribution < -0.4 is 5.46 Å². The van der Waals surface area contributed by atoms with E-state index in [0.29, 0.717) is 22.9 Å². The van der Waals surface area contributed by atoms with E-state index in [4.69, 9.17) is 15.0 Å². The van der Waals surface area contributed by atoms with Crippen molar-refractivity contribution in [2.45, 2.75) is 0 Å². The molecule has 2 heterocycles. The van der Waals surface area contributed by atoms with E-state index >= 15 is 0 Å². The molecule has 2 N–H and O–H groups in total. The van der Waals surface area contributed by atoms with E-state index in [2.05, 4.69) is 65.6 Å². The molecule has 8 rings (SSSR count). The summed E-state index contributed by atoms with van der Waals surface area (Å²) in [6, 6.07) is 52.1. The molecule has 2 aromatic heterocycles. The molecule has 0 bridgehead atoms. The van der Waals surface area contributed by atoms with Gasteiger partial charge in [-0.05, 0) is 57.5 Å². The molecule has 0 spiro atoms. The minimum Gasteiger partial charge on any atom is -0.423 e. The Balaban J connectivity index is 1.21. The van der Waals surface area contributed by atoms with Crippen LogP contribution in [0.15, 0.2) is 164 Å². The van der Waals surface area contributed by atoms with Crippen LogP contribution in [0.2, 0.25) is 0 Å². The average molecular weight is 633 g/mol. The highest BCUT2D eigenvalue weighted by Gasteiger charge is 2.15. The fourth-order valence-corrected chi connectivity index (χ4v) is 6.11. The fourth-order valence-electron chi connectivity index (χ4n) is 6.11. The van der Waals surface area contributed by atoms with Crippen LogP contribution >= 0.6 is 0 Å². The number of hydrogen-bond donors (Lipinski definition) is 2. The summed E-state index contributed by atoms with van der Waals surface area (Å²) in [5.41, 5.74) is 10.0. The summed E-state index contributed by atoms with van der Waals surface area (Å²) >= 11 is 0. The number of fused-ring (bicyclic) bond motifs is 1. The Labute approximate surface area is 284 Å². The van der Waals surface area contributed by atoms with Gasteiger partial charge in [0.2, 0.25) is 0 Å². The molecule has 0 unspecified atom stereocenters. The van der Waals surface area contributed by atoms with Crippen molar-refractivity contribution in [2.24, 2.45) is 0 Å². The largest absolute Gasteiger partial charge is 0.488 e. The average Bonchev–Trinajstić information content (AvgIpc) is 3.18. The molecular formula is C42H29BN4O2. The molecule has 0 aliphatic rings. The van der Waals surface area contributed by atoms with E-state index in [-0.39, 0.29) is 0 Å². The lowest BCUT2D eigenvalue weighted by molar-refractivity contribution is 0.426. The highest BCUT2D eigenvalue weighted by Crippen LogP contribution is 2.33. The molecule has 7 heteroatoms. The molecule has 0 saturated heterocycles. The molecule has 6 aromatic carbocycles. The van der Waals surface area contributed by atoms with E-state index in [1.807, 2.05) is 91.1 Å². The van der Waals surface area contributed by atoms with Gasteiger partial charge in [-0.3, -0.25) is 4.98 Å². The van der Waals surface area contributed by atoms with Crippen LogP contribution in [0.4, 0.5) is 0 Å². The van der Waals surface area contributed by atoms with Crippen molar-refractivity contribution in [3.8, 4) is 67.5 Å². The molecule has 6 nitrogen and oxygen atoms in total. The van der Waals surface area contributed by atoms with Crippen molar-refractivity contribution < 1.29 is 10.0 Å². The van der Waals surface area contributed by atoms with Gasteiger partial charge in [0.25, 0.3) is 0 Å². The normalized spacial score (nSPS) is 11.1. The lowest BCUT2D eigenvalue weighted by atomic mass is 9.79. The third kappa shape index (κ3) is 6.24. The third-order valence-corrected chi connectivity index (χ3v) is 8.57. The van der Waals surface area contributed by atoms with Crippen molar-refractivity contribution >= 4 is 23.5 Å². The molecule has 0 saturated carbocycles. The molecule has 0 aliphatic heterocycles. The molecule has 0 radical (unpaired) electrons. The first-order valence-electron chi connectivity index (χ1n) is 16.0. The van der Waals surface area contributed by atoms with Gasteiger partial charge in [0.15, 0.2) is 17.5 Å². The first-order chi connectivity index (χ1) is 24.1. The van der Waals surface area contributed by atoms with Crippen LogP contribution in [0.3, 0.4) is 0 Å². The zero-order valence-electron chi connectivity index (χ0n) is 26.3. The first kappa shape index (κ1) is 30.1. The number of benzene rings is 6. The molecular weight excluding hydrogens is 603 g/mol. The molecule has 8 aromatic rings. The molecule has 49 heavy (non-hydrogen) atoms. The van der Waals surface area contributed by atoms with Crippen molar-refractivity contribution in [3.05, 3.63) is 164 Å². The van der Waals surface area contributed by atoms with E-state index in [9.17, 15) is 10.0 Å². The molecule has 0 amide bonds. The summed E-state index contributed by atoms with van der Waals surface area (Å²) in [5, 5.41) is 20.5. The van der Waals surface area contributed by atoms with Gasteiger partial charge in [0, 0.05) is 33.8 Å². The lowest BCUT2D eigenvalue weighted by Crippen LogP contribution is -2.29. The van der Waals surface area contributed by atoms with Crippen LogP contribution in [0.1, 0.15) is 0 Å². The van der Waals surface area contributed by atoms with Gasteiger partial charge < -0.3 is 10.0 Å². The van der Waals surface area contributed by atoms with E-state index in [0.717, 1.165) is 61.0 Å². The van der Waals surface area contributed by atoms with Gasteiger partial charge in [-0.1, -0.05) is 133 Å². The lowest BCUT2D eigenvalue weighted by Gasteiger charge is -2.11. The van der Waals surface area contributed by atoms with Crippen molar-refractivity contribution in [3.63, 3.8) is 0 Å². The smallest absolute Gasteiger partial charge is 0.423 e. The van der Waals surface area contributed by atoms with Gasteiger partial charge in [0.1, 0.15) is 0 Å². The Hall–Kier alpha value is -6.28. The summed E-state index contributed by atoms with van der Waals surface area (Å²) in [7, 11) is -1.52. The van der Waals surface area contributed by atoms with Gasteiger partial charge in [-0.2, -0.15) is 0 Å². The summed E-state index contributed by atoms with van der Waals surface area (Å²) in [5.74, 6) is 1.75. The fraction of sp³-hybridized carbons (Fsp3) is 0. The van der Waals surface area contributed by atoms with Gasteiger partial charge in [0.05, 0.1) is 5.52 Å². The second kappa shape index (κ2) is 13.1. The third-order valence-electron chi connectivity index (χ3n) is 8.57. The molecule has 0 aliphatic carbocycles. The number of rotatable bonds is 7. The SMILES string of the molecule is OB(O)c1cccc(-c2cccc(-c3cccc(-c4nc(-c5ccccc5)nc(-c5cccc(-c6cccc7cccnc67)c5)n4)c3)c2)c1. The maximum atomic E-state index is 9.69.